The number of hydrogen-bond acceptors (Lipinski definition) is 4. The molecule has 1 saturated heterocycles. The molecule has 1 amide bonds. The smallest absolute Gasteiger partial charge is 0.226 e. The second-order valence-corrected chi connectivity index (χ2v) is 6.97. The Morgan fingerprint density at radius 2 is 1.87 bits per heavy atom. The van der Waals surface area contributed by atoms with Crippen molar-refractivity contribution >= 4 is 11.7 Å². The average Bonchev–Trinajstić information content (AvgIpc) is 3.15. The van der Waals surface area contributed by atoms with Crippen molar-refractivity contribution in [1.29, 1.82) is 0 Å². The minimum absolute atomic E-state index is 0.0484. The molecule has 6 heteroatoms. The third-order valence-electron chi connectivity index (χ3n) is 5.89. The highest BCUT2D eigenvalue weighted by molar-refractivity contribution is 5.99. The summed E-state index contributed by atoms with van der Waals surface area (Å²) in [6, 6.07) is 0. The Labute approximate surface area is 135 Å². The van der Waals surface area contributed by atoms with Crippen LogP contribution < -0.4 is 0 Å². The number of ether oxygens (including phenoxy) is 1. The van der Waals surface area contributed by atoms with Gasteiger partial charge in [-0.2, -0.15) is 0 Å². The highest BCUT2D eigenvalue weighted by Crippen LogP contribution is 2.56. The van der Waals surface area contributed by atoms with Crippen molar-refractivity contribution in [2.75, 3.05) is 26.3 Å². The standard InChI is InChI=1S/C17H23N3O3/c1-19-6-5-18-16(19)15(21)13-11-3-2-4-12(11)14(13)17(22)20-7-9-23-10-8-20/h5-6,11-14H,2-4,7-10H2,1H3/t11-,12+,13+,14-/m0/s1. The summed E-state index contributed by atoms with van der Waals surface area (Å²) in [5.41, 5.74) is 0. The van der Waals surface area contributed by atoms with Crippen molar-refractivity contribution in [3.63, 3.8) is 0 Å². The van der Waals surface area contributed by atoms with Gasteiger partial charge in [-0.3, -0.25) is 9.59 Å². The van der Waals surface area contributed by atoms with E-state index in [-0.39, 0.29) is 23.5 Å². The van der Waals surface area contributed by atoms with Crippen molar-refractivity contribution in [2.45, 2.75) is 19.3 Å². The third-order valence-corrected chi connectivity index (χ3v) is 5.89. The van der Waals surface area contributed by atoms with E-state index in [1.165, 1.54) is 0 Å². The largest absolute Gasteiger partial charge is 0.378 e. The summed E-state index contributed by atoms with van der Waals surface area (Å²) >= 11 is 0. The van der Waals surface area contributed by atoms with Crippen LogP contribution in [-0.2, 0) is 16.6 Å². The van der Waals surface area contributed by atoms with Gasteiger partial charge in [0.2, 0.25) is 11.7 Å². The Bertz CT molecular complexity index is 620. The Kier molecular flexibility index (Phi) is 3.71. The van der Waals surface area contributed by atoms with Gasteiger partial charge >= 0.3 is 0 Å². The minimum atomic E-state index is -0.182. The maximum absolute atomic E-state index is 13.0. The van der Waals surface area contributed by atoms with Gasteiger partial charge in [0.25, 0.3) is 0 Å². The molecule has 4 rings (SSSR count). The number of ketones is 1. The Morgan fingerprint density at radius 3 is 2.52 bits per heavy atom. The van der Waals surface area contributed by atoms with Crippen LogP contribution in [0.15, 0.2) is 12.4 Å². The molecule has 0 radical (unpaired) electrons. The maximum Gasteiger partial charge on any atom is 0.226 e. The summed E-state index contributed by atoms with van der Waals surface area (Å²) in [4.78, 5) is 32.1. The molecule has 124 valence electrons. The lowest BCUT2D eigenvalue weighted by molar-refractivity contribution is -0.151. The lowest BCUT2D eigenvalue weighted by Gasteiger charge is -2.48. The summed E-state index contributed by atoms with van der Waals surface area (Å²) in [5.74, 6) is 1.12. The summed E-state index contributed by atoms with van der Waals surface area (Å²) in [6.07, 6.45) is 6.72. The first-order valence-electron chi connectivity index (χ1n) is 8.56. The molecule has 1 aliphatic heterocycles. The van der Waals surface area contributed by atoms with Crippen molar-refractivity contribution in [3.05, 3.63) is 18.2 Å². The summed E-state index contributed by atoms with van der Waals surface area (Å²) in [7, 11) is 1.84. The van der Waals surface area contributed by atoms with Gasteiger partial charge < -0.3 is 14.2 Å². The Morgan fingerprint density at radius 1 is 1.17 bits per heavy atom. The first-order valence-corrected chi connectivity index (χ1v) is 8.56. The van der Waals surface area contributed by atoms with E-state index in [1.54, 1.807) is 17.0 Å². The predicted octanol–water partition coefficient (Wildman–Crippen LogP) is 1.12. The second-order valence-electron chi connectivity index (χ2n) is 6.97. The zero-order valence-corrected chi connectivity index (χ0v) is 13.5. The van der Waals surface area contributed by atoms with Crippen LogP contribution in [0.2, 0.25) is 0 Å². The van der Waals surface area contributed by atoms with Crippen LogP contribution >= 0.6 is 0 Å². The van der Waals surface area contributed by atoms with Crippen molar-refractivity contribution in [1.82, 2.24) is 14.5 Å². The van der Waals surface area contributed by atoms with Crippen LogP contribution in [0.25, 0.3) is 0 Å². The molecule has 0 aromatic carbocycles. The van der Waals surface area contributed by atoms with E-state index in [0.717, 1.165) is 19.3 Å². The number of amides is 1. The van der Waals surface area contributed by atoms with Crippen LogP contribution in [0.4, 0.5) is 0 Å². The molecule has 0 spiro atoms. The van der Waals surface area contributed by atoms with E-state index in [1.807, 2.05) is 11.9 Å². The molecule has 1 aromatic heterocycles. The number of aromatic nitrogens is 2. The molecular formula is C17H23N3O3. The number of fused-ring (bicyclic) bond motifs is 1. The molecule has 0 unspecified atom stereocenters. The lowest BCUT2D eigenvalue weighted by Crippen LogP contribution is -2.57. The predicted molar refractivity (Wildman–Crippen MR) is 82.7 cm³/mol. The normalized spacial score (nSPS) is 33.2. The fourth-order valence-electron chi connectivity index (χ4n) is 4.74. The van der Waals surface area contributed by atoms with Gasteiger partial charge in [-0.15, -0.1) is 0 Å². The van der Waals surface area contributed by atoms with Gasteiger partial charge in [0.05, 0.1) is 19.1 Å². The molecule has 2 heterocycles. The van der Waals surface area contributed by atoms with Gasteiger partial charge in [0.15, 0.2) is 5.82 Å². The van der Waals surface area contributed by atoms with Gasteiger partial charge in [-0.05, 0) is 24.7 Å². The first kappa shape index (κ1) is 14.9. The number of carbonyl (C=O) groups is 2. The fraction of sp³-hybridized carbons (Fsp3) is 0.706. The molecule has 0 bridgehead atoms. The number of Topliss-reactive ketones (excluding diaryl/α,β-unsaturated/α-hetero) is 1. The number of nitrogens with zero attached hydrogens (tertiary/aromatic N) is 3. The highest BCUT2D eigenvalue weighted by Gasteiger charge is 2.59. The molecule has 2 saturated carbocycles. The lowest BCUT2D eigenvalue weighted by atomic mass is 9.56. The van der Waals surface area contributed by atoms with Crippen molar-refractivity contribution in [2.24, 2.45) is 30.7 Å². The zero-order chi connectivity index (χ0) is 16.0. The van der Waals surface area contributed by atoms with E-state index in [0.29, 0.717) is 44.0 Å². The number of morpholine rings is 1. The molecular weight excluding hydrogens is 294 g/mol. The van der Waals surface area contributed by atoms with Gasteiger partial charge in [0, 0.05) is 38.4 Å². The average molecular weight is 317 g/mol. The number of imidazole rings is 1. The first-order chi connectivity index (χ1) is 11.2. The van der Waals surface area contributed by atoms with Crippen LogP contribution in [0.3, 0.4) is 0 Å². The Hall–Kier alpha value is -1.69. The molecule has 23 heavy (non-hydrogen) atoms. The molecule has 4 atom stereocenters. The molecule has 3 aliphatic rings. The van der Waals surface area contributed by atoms with E-state index in [9.17, 15) is 9.59 Å². The molecule has 0 N–H and O–H groups in total. The zero-order valence-electron chi connectivity index (χ0n) is 13.5. The van der Waals surface area contributed by atoms with Crippen molar-refractivity contribution in [3.8, 4) is 0 Å². The van der Waals surface area contributed by atoms with Crippen molar-refractivity contribution < 1.29 is 14.3 Å². The SMILES string of the molecule is Cn1ccnc1C(=O)[C@@H]1[C@H]2CCC[C@H]2[C@@H]1C(=O)N1CCOCC1. The summed E-state index contributed by atoms with van der Waals surface area (Å²) in [5, 5.41) is 0. The molecule has 1 aromatic rings. The Balaban J connectivity index is 1.58. The van der Waals surface area contributed by atoms with Crippen LogP contribution in [0.5, 0.6) is 0 Å². The number of aryl methyl sites for hydroxylation is 1. The summed E-state index contributed by atoms with van der Waals surface area (Å²) < 4.78 is 7.11. The van der Waals surface area contributed by atoms with Crippen LogP contribution in [0.1, 0.15) is 29.9 Å². The van der Waals surface area contributed by atoms with Gasteiger partial charge in [-0.1, -0.05) is 6.42 Å². The molecule has 6 nitrogen and oxygen atoms in total. The molecule has 2 aliphatic carbocycles. The van der Waals surface area contributed by atoms with E-state index < -0.39 is 0 Å². The minimum Gasteiger partial charge on any atom is -0.378 e. The maximum atomic E-state index is 13.0. The molecule has 3 fully saturated rings. The van der Waals surface area contributed by atoms with Crippen LogP contribution in [-0.4, -0.2) is 52.4 Å². The van der Waals surface area contributed by atoms with E-state index >= 15 is 0 Å². The topological polar surface area (TPSA) is 64.4 Å². The fourth-order valence-corrected chi connectivity index (χ4v) is 4.74. The van der Waals surface area contributed by atoms with Gasteiger partial charge in [0.1, 0.15) is 0 Å². The third kappa shape index (κ3) is 2.31. The highest BCUT2D eigenvalue weighted by atomic mass is 16.5. The quantitative estimate of drug-likeness (QED) is 0.784. The number of carbonyl (C=O) groups excluding carboxylic acids is 2. The van der Waals surface area contributed by atoms with Gasteiger partial charge in [-0.25, -0.2) is 4.98 Å². The summed E-state index contributed by atoms with van der Waals surface area (Å²) in [6.45, 7) is 2.50. The number of rotatable bonds is 3. The van der Waals surface area contributed by atoms with E-state index in [4.69, 9.17) is 4.74 Å². The van der Waals surface area contributed by atoms with E-state index in [2.05, 4.69) is 4.98 Å². The van der Waals surface area contributed by atoms with Crippen LogP contribution in [0, 0.1) is 23.7 Å². The monoisotopic (exact) mass is 317 g/mol. The number of hydrogen-bond donors (Lipinski definition) is 0. The second kappa shape index (κ2) is 5.74.